The van der Waals surface area contributed by atoms with Gasteiger partial charge in [0.1, 0.15) is 11.2 Å². The van der Waals surface area contributed by atoms with Gasteiger partial charge in [0.2, 0.25) is 0 Å². The van der Waals surface area contributed by atoms with Crippen molar-refractivity contribution >= 4 is 21.9 Å². The molecule has 0 saturated heterocycles. The van der Waals surface area contributed by atoms with Crippen LogP contribution in [-0.4, -0.2) is 15.0 Å². The van der Waals surface area contributed by atoms with E-state index in [4.69, 9.17) is 19.4 Å². The van der Waals surface area contributed by atoms with Crippen molar-refractivity contribution in [3.05, 3.63) is 235 Å². The van der Waals surface area contributed by atoms with Crippen LogP contribution in [0.1, 0.15) is 22.3 Å². The number of rotatable bonds is 5. The van der Waals surface area contributed by atoms with Crippen molar-refractivity contribution < 1.29 is 4.42 Å². The van der Waals surface area contributed by atoms with Gasteiger partial charge in [0.05, 0.1) is 5.41 Å². The summed E-state index contributed by atoms with van der Waals surface area (Å²) in [5.74, 6) is 1.86. The van der Waals surface area contributed by atoms with Gasteiger partial charge in [0, 0.05) is 27.5 Å². The first-order valence-electron chi connectivity index (χ1n) is 21.1. The van der Waals surface area contributed by atoms with E-state index in [2.05, 4.69) is 152 Å². The lowest BCUT2D eigenvalue weighted by atomic mass is 9.68. The van der Waals surface area contributed by atoms with Crippen LogP contribution in [0.4, 0.5) is 0 Å². The Kier molecular flexibility index (Phi) is 7.49. The van der Waals surface area contributed by atoms with Crippen LogP contribution in [0.3, 0.4) is 0 Å². The molecule has 2 heterocycles. The van der Waals surface area contributed by atoms with Crippen molar-refractivity contribution in [3.8, 4) is 78.7 Å². The number of hydrogen-bond donors (Lipinski definition) is 0. The van der Waals surface area contributed by atoms with E-state index in [0.29, 0.717) is 17.5 Å². The topological polar surface area (TPSA) is 51.8 Å². The number of furan rings is 1. The maximum absolute atomic E-state index is 6.13. The zero-order valence-corrected chi connectivity index (χ0v) is 33.5. The highest BCUT2D eigenvalue weighted by Gasteiger charge is 2.52. The fourth-order valence-electron chi connectivity index (χ4n) is 10.3. The molecule has 0 radical (unpaired) electrons. The molecule has 0 atom stereocenters. The van der Waals surface area contributed by atoms with Crippen LogP contribution in [0.5, 0.6) is 0 Å². The van der Waals surface area contributed by atoms with E-state index in [-0.39, 0.29) is 0 Å². The molecule has 11 aromatic rings. The van der Waals surface area contributed by atoms with E-state index in [0.717, 1.165) is 49.8 Å². The Hall–Kier alpha value is -8.21. The zero-order chi connectivity index (χ0) is 40.8. The number of nitrogens with zero attached hydrogens (tertiary/aromatic N) is 3. The minimum atomic E-state index is -0.403. The standard InChI is InChI=1S/C58H35N3O/c1-2-13-39(14-3-1)55-59-56(61-57(60-55)41-33-34-53-48(35-41)46-18-7-11-24-52(46)62-53)40-31-27-37(28-32-40)36-25-29-38(30-26-36)42-19-12-20-47-45-17-6-10-23-51(45)58(54(42)47)49-21-8-4-15-43(49)44-16-5-9-22-50(44)58/h1-35H. The number of hydrogen-bond acceptors (Lipinski definition) is 4. The molecule has 0 saturated carbocycles. The third-order valence-electron chi connectivity index (χ3n) is 13.0. The molecule has 62 heavy (non-hydrogen) atoms. The number of para-hydroxylation sites is 1. The lowest BCUT2D eigenvalue weighted by Gasteiger charge is -2.32. The van der Waals surface area contributed by atoms with Crippen LogP contribution >= 0.6 is 0 Å². The summed E-state index contributed by atoms with van der Waals surface area (Å²) in [5, 5.41) is 2.10. The fourth-order valence-corrected chi connectivity index (χ4v) is 10.3. The van der Waals surface area contributed by atoms with Crippen molar-refractivity contribution in [2.24, 2.45) is 0 Å². The first kappa shape index (κ1) is 34.6. The average molecular weight is 790 g/mol. The Balaban J connectivity index is 0.880. The molecule has 2 aliphatic carbocycles. The second kappa shape index (κ2) is 13.4. The molecule has 0 N–H and O–H groups in total. The third kappa shape index (κ3) is 5.04. The van der Waals surface area contributed by atoms with Gasteiger partial charge in [0.25, 0.3) is 0 Å². The minimum Gasteiger partial charge on any atom is -0.456 e. The molecule has 0 fully saturated rings. The number of aromatic nitrogens is 3. The molecule has 1 spiro atoms. The predicted molar refractivity (Wildman–Crippen MR) is 251 cm³/mol. The van der Waals surface area contributed by atoms with Crippen molar-refractivity contribution in [1.29, 1.82) is 0 Å². The summed E-state index contributed by atoms with van der Waals surface area (Å²) in [6.45, 7) is 0. The van der Waals surface area contributed by atoms with E-state index in [1.165, 1.54) is 55.6 Å². The predicted octanol–water partition coefficient (Wildman–Crippen LogP) is 14.4. The van der Waals surface area contributed by atoms with E-state index in [9.17, 15) is 0 Å². The highest BCUT2D eigenvalue weighted by atomic mass is 16.3. The molecule has 4 heteroatoms. The third-order valence-corrected chi connectivity index (χ3v) is 13.0. The van der Waals surface area contributed by atoms with Crippen molar-refractivity contribution in [3.63, 3.8) is 0 Å². The lowest BCUT2D eigenvalue weighted by molar-refractivity contribution is 0.669. The smallest absolute Gasteiger partial charge is 0.164 e. The second-order valence-electron chi connectivity index (χ2n) is 16.3. The molecule has 13 rings (SSSR count). The van der Waals surface area contributed by atoms with Gasteiger partial charge in [-0.1, -0.05) is 188 Å². The molecule has 288 valence electrons. The molecule has 9 aromatic carbocycles. The summed E-state index contributed by atoms with van der Waals surface area (Å²) in [6, 6.07) is 75.8. The van der Waals surface area contributed by atoms with Crippen LogP contribution in [0, 0.1) is 0 Å². The molecule has 0 aliphatic heterocycles. The SMILES string of the molecule is c1ccc(-c2nc(-c3ccc(-c4ccc(-c5cccc6c5C5(c7ccccc7-c7ccccc75)c5ccccc5-6)cc4)cc3)nc(-c3ccc4oc5ccccc5c4c3)n2)cc1. The summed E-state index contributed by atoms with van der Waals surface area (Å²) in [6.07, 6.45) is 0. The van der Waals surface area contributed by atoms with Crippen LogP contribution < -0.4 is 0 Å². The molecule has 4 nitrogen and oxygen atoms in total. The summed E-state index contributed by atoms with van der Waals surface area (Å²) in [7, 11) is 0. The van der Waals surface area contributed by atoms with Gasteiger partial charge in [0.15, 0.2) is 17.5 Å². The summed E-state index contributed by atoms with van der Waals surface area (Å²) in [5.41, 5.74) is 19.4. The van der Waals surface area contributed by atoms with Crippen LogP contribution in [0.25, 0.3) is 101 Å². The Morgan fingerprint density at radius 2 is 0.726 bits per heavy atom. The molecule has 0 amide bonds. The van der Waals surface area contributed by atoms with Gasteiger partial charge in [-0.25, -0.2) is 15.0 Å². The first-order chi connectivity index (χ1) is 30.7. The van der Waals surface area contributed by atoms with Gasteiger partial charge < -0.3 is 4.42 Å². The maximum atomic E-state index is 6.13. The molecular formula is C58H35N3O. The average Bonchev–Trinajstić information content (AvgIpc) is 3.98. The second-order valence-corrected chi connectivity index (χ2v) is 16.3. The minimum absolute atomic E-state index is 0.403. The highest BCUT2D eigenvalue weighted by molar-refractivity contribution is 6.06. The first-order valence-corrected chi connectivity index (χ1v) is 21.1. The largest absolute Gasteiger partial charge is 0.456 e. The quantitative estimate of drug-likeness (QED) is 0.174. The van der Waals surface area contributed by atoms with Crippen molar-refractivity contribution in [1.82, 2.24) is 15.0 Å². The van der Waals surface area contributed by atoms with E-state index < -0.39 is 5.41 Å². The van der Waals surface area contributed by atoms with E-state index in [1.807, 2.05) is 60.7 Å². The lowest BCUT2D eigenvalue weighted by Crippen LogP contribution is -2.26. The fraction of sp³-hybridized carbons (Fsp3) is 0.0172. The van der Waals surface area contributed by atoms with Gasteiger partial charge in [-0.05, 0) is 91.0 Å². The van der Waals surface area contributed by atoms with Crippen molar-refractivity contribution in [2.75, 3.05) is 0 Å². The zero-order valence-electron chi connectivity index (χ0n) is 33.5. The summed E-state index contributed by atoms with van der Waals surface area (Å²) >= 11 is 0. The van der Waals surface area contributed by atoms with E-state index in [1.54, 1.807) is 0 Å². The van der Waals surface area contributed by atoms with Gasteiger partial charge in [-0.2, -0.15) is 0 Å². The molecule has 2 aromatic heterocycles. The van der Waals surface area contributed by atoms with Gasteiger partial charge in [-0.15, -0.1) is 0 Å². The normalized spacial score (nSPS) is 13.0. The Labute approximate surface area is 358 Å². The highest BCUT2D eigenvalue weighted by Crippen LogP contribution is 2.64. The maximum Gasteiger partial charge on any atom is 0.164 e. The van der Waals surface area contributed by atoms with Gasteiger partial charge >= 0.3 is 0 Å². The van der Waals surface area contributed by atoms with Gasteiger partial charge in [-0.3, -0.25) is 0 Å². The van der Waals surface area contributed by atoms with Crippen LogP contribution in [0.2, 0.25) is 0 Å². The van der Waals surface area contributed by atoms with Crippen molar-refractivity contribution in [2.45, 2.75) is 5.41 Å². The summed E-state index contributed by atoms with van der Waals surface area (Å²) in [4.78, 5) is 15.1. The number of fused-ring (bicyclic) bond motifs is 13. The monoisotopic (exact) mass is 789 g/mol. The molecule has 0 bridgehead atoms. The van der Waals surface area contributed by atoms with Crippen LogP contribution in [-0.2, 0) is 5.41 Å². The summed E-state index contributed by atoms with van der Waals surface area (Å²) < 4.78 is 6.13. The molecule has 0 unspecified atom stereocenters. The van der Waals surface area contributed by atoms with Crippen LogP contribution in [0.15, 0.2) is 217 Å². The van der Waals surface area contributed by atoms with E-state index >= 15 is 0 Å². The molecular weight excluding hydrogens is 755 g/mol. The Bertz CT molecular complexity index is 3500. The Morgan fingerprint density at radius 3 is 1.37 bits per heavy atom. The molecule has 2 aliphatic rings. The Morgan fingerprint density at radius 1 is 0.290 bits per heavy atom. The number of benzene rings is 9.